The van der Waals surface area contributed by atoms with Crippen molar-refractivity contribution >= 4 is 6.41 Å². The standard InChI is InChI=1S/C9H19N3O2/c13-8-10-2-1-3-11-4-6-12(9-14)7-5-11/h8,14H,1-7,9H2,(H,10,13). The second kappa shape index (κ2) is 6.75. The van der Waals surface area contributed by atoms with Gasteiger partial charge < -0.3 is 15.3 Å². The molecule has 0 aromatic heterocycles. The summed E-state index contributed by atoms with van der Waals surface area (Å²) in [4.78, 5) is 14.4. The molecule has 1 rings (SSSR count). The lowest BCUT2D eigenvalue weighted by atomic mass is 10.3. The van der Waals surface area contributed by atoms with Crippen LogP contribution in [0.3, 0.4) is 0 Å². The fourth-order valence-corrected chi connectivity index (χ4v) is 1.62. The van der Waals surface area contributed by atoms with Crippen molar-refractivity contribution in [3.63, 3.8) is 0 Å². The molecule has 0 unspecified atom stereocenters. The van der Waals surface area contributed by atoms with E-state index in [1.807, 2.05) is 4.90 Å². The Morgan fingerprint density at radius 1 is 1.21 bits per heavy atom. The molecule has 82 valence electrons. The van der Waals surface area contributed by atoms with Crippen LogP contribution in [0, 0.1) is 0 Å². The van der Waals surface area contributed by atoms with Gasteiger partial charge in [-0.05, 0) is 13.0 Å². The number of aliphatic hydroxyl groups is 1. The van der Waals surface area contributed by atoms with Gasteiger partial charge in [0.1, 0.15) is 0 Å². The summed E-state index contributed by atoms with van der Waals surface area (Å²) >= 11 is 0. The van der Waals surface area contributed by atoms with E-state index >= 15 is 0 Å². The van der Waals surface area contributed by atoms with Crippen LogP contribution in [-0.4, -0.2) is 67.3 Å². The number of hydrogen-bond donors (Lipinski definition) is 2. The quantitative estimate of drug-likeness (QED) is 0.414. The molecule has 0 saturated carbocycles. The van der Waals surface area contributed by atoms with Gasteiger partial charge in [0, 0.05) is 32.7 Å². The summed E-state index contributed by atoms with van der Waals surface area (Å²) in [5.74, 6) is 0. The molecule has 5 nitrogen and oxygen atoms in total. The van der Waals surface area contributed by atoms with Crippen molar-refractivity contribution < 1.29 is 9.90 Å². The summed E-state index contributed by atoms with van der Waals surface area (Å²) in [6.07, 6.45) is 1.74. The van der Waals surface area contributed by atoms with Crippen molar-refractivity contribution in [2.45, 2.75) is 6.42 Å². The van der Waals surface area contributed by atoms with E-state index in [0.717, 1.165) is 52.1 Å². The molecule has 0 spiro atoms. The maximum Gasteiger partial charge on any atom is 0.207 e. The van der Waals surface area contributed by atoms with Crippen molar-refractivity contribution in [3.05, 3.63) is 0 Å². The van der Waals surface area contributed by atoms with Crippen molar-refractivity contribution in [2.75, 3.05) is 46.0 Å². The predicted octanol–water partition coefficient (Wildman–Crippen LogP) is -1.31. The van der Waals surface area contributed by atoms with E-state index in [0.29, 0.717) is 0 Å². The van der Waals surface area contributed by atoms with Gasteiger partial charge in [0.15, 0.2) is 0 Å². The highest BCUT2D eigenvalue weighted by Crippen LogP contribution is 2.00. The summed E-state index contributed by atoms with van der Waals surface area (Å²) in [6, 6.07) is 0. The second-order valence-corrected chi connectivity index (χ2v) is 3.53. The van der Waals surface area contributed by atoms with E-state index in [9.17, 15) is 4.79 Å². The smallest absolute Gasteiger partial charge is 0.207 e. The molecular formula is C9H19N3O2. The van der Waals surface area contributed by atoms with E-state index < -0.39 is 0 Å². The Kier molecular flexibility index (Phi) is 5.51. The Hall–Kier alpha value is -0.650. The molecule has 14 heavy (non-hydrogen) atoms. The lowest BCUT2D eigenvalue weighted by Crippen LogP contribution is -2.47. The van der Waals surface area contributed by atoms with Gasteiger partial charge >= 0.3 is 0 Å². The zero-order valence-electron chi connectivity index (χ0n) is 8.48. The zero-order valence-corrected chi connectivity index (χ0v) is 8.48. The van der Waals surface area contributed by atoms with Gasteiger partial charge in [-0.15, -0.1) is 0 Å². The monoisotopic (exact) mass is 201 g/mol. The van der Waals surface area contributed by atoms with E-state index in [1.165, 1.54) is 0 Å². The van der Waals surface area contributed by atoms with Gasteiger partial charge in [-0.3, -0.25) is 9.69 Å². The number of amides is 1. The van der Waals surface area contributed by atoms with Crippen LogP contribution in [0.15, 0.2) is 0 Å². The van der Waals surface area contributed by atoms with Gasteiger partial charge in [-0.25, -0.2) is 0 Å². The van der Waals surface area contributed by atoms with Crippen LogP contribution >= 0.6 is 0 Å². The number of nitrogens with zero attached hydrogens (tertiary/aromatic N) is 2. The Labute approximate surface area is 84.7 Å². The Morgan fingerprint density at radius 3 is 2.43 bits per heavy atom. The molecule has 0 bridgehead atoms. The fraction of sp³-hybridized carbons (Fsp3) is 0.889. The lowest BCUT2D eigenvalue weighted by molar-refractivity contribution is -0.109. The summed E-state index contributed by atoms with van der Waals surface area (Å²) in [7, 11) is 0. The summed E-state index contributed by atoms with van der Waals surface area (Å²) in [5.41, 5.74) is 0. The number of hydrogen-bond acceptors (Lipinski definition) is 4. The molecule has 1 fully saturated rings. The number of aliphatic hydroxyl groups excluding tert-OH is 1. The lowest BCUT2D eigenvalue weighted by Gasteiger charge is -2.33. The molecular weight excluding hydrogens is 182 g/mol. The molecule has 1 amide bonds. The van der Waals surface area contributed by atoms with Crippen LogP contribution in [0.1, 0.15) is 6.42 Å². The van der Waals surface area contributed by atoms with Gasteiger partial charge in [0.25, 0.3) is 0 Å². The molecule has 1 heterocycles. The third-order valence-electron chi connectivity index (χ3n) is 2.54. The van der Waals surface area contributed by atoms with Crippen LogP contribution in [0.2, 0.25) is 0 Å². The molecule has 1 saturated heterocycles. The highest BCUT2D eigenvalue weighted by molar-refractivity contribution is 5.45. The molecule has 0 radical (unpaired) electrons. The van der Waals surface area contributed by atoms with Crippen LogP contribution < -0.4 is 5.32 Å². The van der Waals surface area contributed by atoms with Gasteiger partial charge in [0.2, 0.25) is 6.41 Å². The van der Waals surface area contributed by atoms with Crippen LogP contribution in [0.4, 0.5) is 0 Å². The molecule has 0 aromatic carbocycles. The van der Waals surface area contributed by atoms with Gasteiger partial charge in [-0.1, -0.05) is 0 Å². The van der Waals surface area contributed by atoms with E-state index in [2.05, 4.69) is 10.2 Å². The highest BCUT2D eigenvalue weighted by Gasteiger charge is 2.14. The highest BCUT2D eigenvalue weighted by atomic mass is 16.3. The molecule has 2 N–H and O–H groups in total. The number of rotatable bonds is 6. The SMILES string of the molecule is O=CNCCCN1CCN(CO)CC1. The minimum atomic E-state index is 0.167. The molecule has 0 atom stereocenters. The van der Waals surface area contributed by atoms with Crippen molar-refractivity contribution in [3.8, 4) is 0 Å². The second-order valence-electron chi connectivity index (χ2n) is 3.53. The largest absolute Gasteiger partial charge is 0.381 e. The maximum atomic E-state index is 9.98. The molecule has 1 aliphatic heterocycles. The average molecular weight is 201 g/mol. The first-order chi connectivity index (χ1) is 6.86. The van der Waals surface area contributed by atoms with Crippen LogP contribution in [0.25, 0.3) is 0 Å². The number of nitrogens with one attached hydrogen (secondary N) is 1. The first-order valence-electron chi connectivity index (χ1n) is 5.09. The predicted molar refractivity (Wildman–Crippen MR) is 53.8 cm³/mol. The van der Waals surface area contributed by atoms with Crippen LogP contribution in [0.5, 0.6) is 0 Å². The summed E-state index contributed by atoms with van der Waals surface area (Å²) in [5, 5.41) is 11.5. The van der Waals surface area contributed by atoms with Crippen LogP contribution in [-0.2, 0) is 4.79 Å². The Balaban J connectivity index is 2.01. The van der Waals surface area contributed by atoms with E-state index in [-0.39, 0.29) is 6.73 Å². The van der Waals surface area contributed by atoms with Crippen molar-refractivity contribution in [1.29, 1.82) is 0 Å². The van der Waals surface area contributed by atoms with E-state index in [1.54, 1.807) is 0 Å². The minimum absolute atomic E-state index is 0.167. The zero-order chi connectivity index (χ0) is 10.2. The normalized spacial score (nSPS) is 19.5. The van der Waals surface area contributed by atoms with Gasteiger partial charge in [0.05, 0.1) is 6.73 Å². The number of carbonyl (C=O) groups excluding carboxylic acids is 1. The molecule has 0 aromatic rings. The minimum Gasteiger partial charge on any atom is -0.381 e. The van der Waals surface area contributed by atoms with E-state index in [4.69, 9.17) is 5.11 Å². The van der Waals surface area contributed by atoms with Gasteiger partial charge in [-0.2, -0.15) is 0 Å². The first kappa shape index (κ1) is 11.4. The summed E-state index contributed by atoms with van der Waals surface area (Å²) in [6.45, 7) is 5.86. The number of carbonyl (C=O) groups is 1. The molecule has 0 aliphatic carbocycles. The topological polar surface area (TPSA) is 55.8 Å². The summed E-state index contributed by atoms with van der Waals surface area (Å²) < 4.78 is 0. The molecule has 1 aliphatic rings. The Bertz CT molecular complexity index is 158. The number of piperazine rings is 1. The third kappa shape index (κ3) is 4.04. The first-order valence-corrected chi connectivity index (χ1v) is 5.09. The molecule has 5 heteroatoms. The van der Waals surface area contributed by atoms with Crippen molar-refractivity contribution in [2.24, 2.45) is 0 Å². The average Bonchev–Trinajstić information content (AvgIpc) is 2.25. The maximum absolute atomic E-state index is 9.98. The third-order valence-corrected chi connectivity index (χ3v) is 2.54. The Morgan fingerprint density at radius 2 is 1.86 bits per heavy atom. The van der Waals surface area contributed by atoms with Crippen molar-refractivity contribution in [1.82, 2.24) is 15.1 Å². The fourth-order valence-electron chi connectivity index (χ4n) is 1.62.